The van der Waals surface area contributed by atoms with Crippen LogP contribution in [0.4, 0.5) is 0 Å². The summed E-state index contributed by atoms with van der Waals surface area (Å²) in [6, 6.07) is 0. The van der Waals surface area contributed by atoms with E-state index in [-0.39, 0.29) is 0 Å². The van der Waals surface area contributed by atoms with E-state index in [1.807, 2.05) is 0 Å². The standard InChI is InChI=1S/C12H24O11/c1-21-11-9(19)8(18)10(20)12(23-11)22-3-5(15)7(17)6(16)4(14)2-13/h4-20H,2-3H2,1H3/t4-,5-,6-,7-,8+,9+,10-,11+,12+/m1/s1. The Kier molecular flexibility index (Phi) is 8.20. The second-order valence-electron chi connectivity index (χ2n) is 5.21. The molecule has 1 rings (SSSR count). The van der Waals surface area contributed by atoms with E-state index in [9.17, 15) is 35.7 Å². The first-order valence-electron chi connectivity index (χ1n) is 6.91. The van der Waals surface area contributed by atoms with Gasteiger partial charge in [0.2, 0.25) is 0 Å². The van der Waals surface area contributed by atoms with Crippen LogP contribution in [-0.2, 0) is 14.2 Å². The average molecular weight is 344 g/mol. The van der Waals surface area contributed by atoms with Crippen molar-refractivity contribution in [2.24, 2.45) is 0 Å². The van der Waals surface area contributed by atoms with Gasteiger partial charge < -0.3 is 55.1 Å². The molecule has 0 amide bonds. The molecular formula is C12H24O11. The summed E-state index contributed by atoms with van der Waals surface area (Å²) in [4.78, 5) is 0. The molecule has 1 saturated heterocycles. The molecule has 0 spiro atoms. The molecule has 0 aliphatic carbocycles. The van der Waals surface area contributed by atoms with E-state index < -0.39 is 68.5 Å². The van der Waals surface area contributed by atoms with Gasteiger partial charge in [-0.2, -0.15) is 0 Å². The van der Waals surface area contributed by atoms with Crippen molar-refractivity contribution in [3.63, 3.8) is 0 Å². The van der Waals surface area contributed by atoms with Gasteiger partial charge in [-0.25, -0.2) is 0 Å². The molecule has 138 valence electrons. The van der Waals surface area contributed by atoms with E-state index in [0.717, 1.165) is 0 Å². The second-order valence-corrected chi connectivity index (χ2v) is 5.21. The molecule has 0 radical (unpaired) electrons. The summed E-state index contributed by atoms with van der Waals surface area (Å²) < 4.78 is 14.8. The molecule has 11 heteroatoms. The van der Waals surface area contributed by atoms with Crippen LogP contribution in [0.25, 0.3) is 0 Å². The fourth-order valence-electron chi connectivity index (χ4n) is 2.01. The van der Waals surface area contributed by atoms with Crippen LogP contribution >= 0.6 is 0 Å². The van der Waals surface area contributed by atoms with Gasteiger partial charge in [0.05, 0.1) is 13.2 Å². The van der Waals surface area contributed by atoms with Gasteiger partial charge in [0.1, 0.15) is 42.7 Å². The van der Waals surface area contributed by atoms with E-state index in [4.69, 9.17) is 19.3 Å². The molecule has 0 bridgehead atoms. The Balaban J connectivity index is 2.55. The summed E-state index contributed by atoms with van der Waals surface area (Å²) in [5.74, 6) is 0. The maximum atomic E-state index is 9.73. The lowest BCUT2D eigenvalue weighted by Gasteiger charge is -2.39. The smallest absolute Gasteiger partial charge is 0.189 e. The van der Waals surface area contributed by atoms with E-state index in [0.29, 0.717) is 0 Å². The monoisotopic (exact) mass is 344 g/mol. The average Bonchev–Trinajstić information content (AvgIpc) is 2.56. The van der Waals surface area contributed by atoms with Crippen LogP contribution < -0.4 is 0 Å². The van der Waals surface area contributed by atoms with Gasteiger partial charge in [-0.3, -0.25) is 0 Å². The summed E-state index contributed by atoms with van der Waals surface area (Å²) in [6.07, 6.45) is -14.5. The van der Waals surface area contributed by atoms with Crippen LogP contribution in [0.2, 0.25) is 0 Å². The lowest BCUT2D eigenvalue weighted by atomic mass is 10.0. The van der Waals surface area contributed by atoms with E-state index in [1.165, 1.54) is 7.11 Å². The molecule has 1 aliphatic heterocycles. The van der Waals surface area contributed by atoms with Gasteiger partial charge in [-0.1, -0.05) is 0 Å². The van der Waals surface area contributed by atoms with Crippen LogP contribution in [0.15, 0.2) is 0 Å². The number of hydrogen-bond donors (Lipinski definition) is 8. The Bertz CT molecular complexity index is 341. The minimum absolute atomic E-state index is 0.642. The first-order valence-corrected chi connectivity index (χ1v) is 6.91. The Morgan fingerprint density at radius 1 is 0.870 bits per heavy atom. The van der Waals surface area contributed by atoms with Crippen LogP contribution in [0.3, 0.4) is 0 Å². The molecular weight excluding hydrogens is 320 g/mol. The number of rotatable bonds is 8. The summed E-state index contributed by atoms with van der Waals surface area (Å²) in [5.41, 5.74) is 0. The fraction of sp³-hybridized carbons (Fsp3) is 1.00. The van der Waals surface area contributed by atoms with Gasteiger partial charge in [0.15, 0.2) is 12.6 Å². The Hall–Kier alpha value is -0.440. The van der Waals surface area contributed by atoms with Crippen LogP contribution in [-0.4, -0.2) is 116 Å². The third-order valence-electron chi connectivity index (χ3n) is 3.51. The van der Waals surface area contributed by atoms with Crippen LogP contribution in [0.5, 0.6) is 0 Å². The zero-order chi connectivity index (χ0) is 17.7. The van der Waals surface area contributed by atoms with Crippen molar-refractivity contribution in [1.82, 2.24) is 0 Å². The first-order chi connectivity index (χ1) is 10.7. The Labute approximate surface area is 131 Å². The molecule has 1 heterocycles. The van der Waals surface area contributed by atoms with Crippen LogP contribution in [0.1, 0.15) is 0 Å². The third-order valence-corrected chi connectivity index (χ3v) is 3.51. The van der Waals surface area contributed by atoms with Gasteiger partial charge in [0.25, 0.3) is 0 Å². The van der Waals surface area contributed by atoms with Gasteiger partial charge in [0, 0.05) is 7.11 Å². The lowest BCUT2D eigenvalue weighted by molar-refractivity contribution is -0.348. The fourth-order valence-corrected chi connectivity index (χ4v) is 2.01. The van der Waals surface area contributed by atoms with Gasteiger partial charge >= 0.3 is 0 Å². The number of aliphatic hydroxyl groups is 8. The van der Waals surface area contributed by atoms with E-state index in [2.05, 4.69) is 0 Å². The minimum Gasteiger partial charge on any atom is -0.394 e. The largest absolute Gasteiger partial charge is 0.394 e. The topological polar surface area (TPSA) is 190 Å². The van der Waals surface area contributed by atoms with Crippen molar-refractivity contribution in [3.8, 4) is 0 Å². The summed E-state index contributed by atoms with van der Waals surface area (Å²) in [6.45, 7) is -1.47. The van der Waals surface area contributed by atoms with Crippen molar-refractivity contribution < 1.29 is 55.1 Å². The highest BCUT2D eigenvalue weighted by molar-refractivity contribution is 4.86. The SMILES string of the molecule is CO[C@H]1O[C@H](OC[C@@H](O)[C@@H](O)[C@H](O)[C@H](O)CO)[C@H](O)[C@@H](O)[C@@H]1O. The van der Waals surface area contributed by atoms with Gasteiger partial charge in [-0.05, 0) is 0 Å². The maximum absolute atomic E-state index is 9.73. The lowest BCUT2D eigenvalue weighted by Crippen LogP contribution is -2.59. The minimum atomic E-state index is -1.84. The summed E-state index contributed by atoms with van der Waals surface area (Å²) in [7, 11) is 1.20. The zero-order valence-corrected chi connectivity index (χ0v) is 12.4. The van der Waals surface area contributed by atoms with Crippen molar-refractivity contribution in [3.05, 3.63) is 0 Å². The molecule has 8 N–H and O–H groups in total. The molecule has 0 unspecified atom stereocenters. The number of methoxy groups -OCH3 is 1. The predicted molar refractivity (Wildman–Crippen MR) is 70.8 cm³/mol. The zero-order valence-electron chi connectivity index (χ0n) is 12.4. The molecule has 1 fully saturated rings. The maximum Gasteiger partial charge on any atom is 0.189 e. The van der Waals surface area contributed by atoms with Gasteiger partial charge in [-0.15, -0.1) is 0 Å². The van der Waals surface area contributed by atoms with Crippen molar-refractivity contribution in [1.29, 1.82) is 0 Å². The van der Waals surface area contributed by atoms with E-state index >= 15 is 0 Å². The Morgan fingerprint density at radius 3 is 1.91 bits per heavy atom. The van der Waals surface area contributed by atoms with Crippen molar-refractivity contribution >= 4 is 0 Å². The highest BCUT2D eigenvalue weighted by Gasteiger charge is 2.45. The second kappa shape index (κ2) is 9.15. The first kappa shape index (κ1) is 20.6. The molecule has 0 saturated carbocycles. The Morgan fingerprint density at radius 2 is 1.39 bits per heavy atom. The highest BCUT2D eigenvalue weighted by Crippen LogP contribution is 2.22. The molecule has 9 atom stereocenters. The molecule has 0 aromatic carbocycles. The number of hydrogen-bond acceptors (Lipinski definition) is 11. The summed E-state index contributed by atoms with van der Waals surface area (Å²) in [5, 5.41) is 75.5. The molecule has 0 aromatic rings. The molecule has 1 aliphatic rings. The highest BCUT2D eigenvalue weighted by atomic mass is 16.8. The predicted octanol–water partition coefficient (Wildman–Crippen LogP) is -5.15. The molecule has 23 heavy (non-hydrogen) atoms. The van der Waals surface area contributed by atoms with E-state index in [1.54, 1.807) is 0 Å². The quantitative estimate of drug-likeness (QED) is 0.210. The van der Waals surface area contributed by atoms with Crippen LogP contribution in [0, 0.1) is 0 Å². The third kappa shape index (κ3) is 5.01. The van der Waals surface area contributed by atoms with Crippen molar-refractivity contribution in [2.45, 2.75) is 55.3 Å². The summed E-state index contributed by atoms with van der Waals surface area (Å²) >= 11 is 0. The van der Waals surface area contributed by atoms with Crippen molar-refractivity contribution in [2.75, 3.05) is 20.3 Å². The number of aliphatic hydroxyl groups excluding tert-OH is 8. The normalized spacial score (nSPS) is 37.2. The molecule has 11 nitrogen and oxygen atoms in total. The number of ether oxygens (including phenoxy) is 3. The molecule has 0 aromatic heterocycles.